The number of amides is 1. The highest BCUT2D eigenvalue weighted by atomic mass is 32.2. The van der Waals surface area contributed by atoms with Crippen molar-refractivity contribution in [1.29, 1.82) is 0 Å². The summed E-state index contributed by atoms with van der Waals surface area (Å²) in [4.78, 5) is 28.2. The van der Waals surface area contributed by atoms with Crippen LogP contribution in [0.15, 0.2) is 24.5 Å². The summed E-state index contributed by atoms with van der Waals surface area (Å²) in [6, 6.07) is 4.15. The van der Waals surface area contributed by atoms with Crippen LogP contribution in [-0.2, 0) is 29.2 Å². The molecule has 230 valence electrons. The second-order valence-electron chi connectivity index (χ2n) is 11.3. The SMILES string of the molecule is COc1c(C(=O)N2CCC(N3CCC(N(C)S(C)(=O)=O)CC3)CC2)ncnc1N1CCc2ccc(C(F)(F)F)cc2C1. The molecule has 1 aromatic carbocycles. The molecule has 3 aliphatic rings. The second kappa shape index (κ2) is 12.0. The molecule has 0 saturated carbocycles. The van der Waals surface area contributed by atoms with Crippen molar-refractivity contribution < 1.29 is 31.1 Å². The number of carbonyl (C=O) groups excluding carboxylic acids is 1. The summed E-state index contributed by atoms with van der Waals surface area (Å²) in [5.41, 5.74) is 0.875. The summed E-state index contributed by atoms with van der Waals surface area (Å²) < 4.78 is 70.8. The first-order valence-corrected chi connectivity index (χ1v) is 16.0. The average molecular weight is 611 g/mol. The van der Waals surface area contributed by atoms with Crippen molar-refractivity contribution in [3.63, 3.8) is 0 Å². The fourth-order valence-electron chi connectivity index (χ4n) is 6.31. The summed E-state index contributed by atoms with van der Waals surface area (Å²) in [7, 11) is -0.139. The van der Waals surface area contributed by atoms with E-state index in [-0.39, 0.29) is 29.9 Å². The lowest BCUT2D eigenvalue weighted by atomic mass is 9.97. The smallest absolute Gasteiger partial charge is 0.416 e. The maximum absolute atomic E-state index is 13.6. The Balaban J connectivity index is 1.23. The second-order valence-corrected chi connectivity index (χ2v) is 13.3. The third-order valence-corrected chi connectivity index (χ3v) is 10.2. The van der Waals surface area contributed by atoms with Crippen LogP contribution in [0, 0.1) is 0 Å². The van der Waals surface area contributed by atoms with E-state index in [1.807, 2.05) is 4.90 Å². The van der Waals surface area contributed by atoms with E-state index in [4.69, 9.17) is 4.74 Å². The Bertz CT molecular complexity index is 1410. The Morgan fingerprint density at radius 1 is 1.02 bits per heavy atom. The Morgan fingerprint density at radius 2 is 1.71 bits per heavy atom. The van der Waals surface area contributed by atoms with Gasteiger partial charge in [0.2, 0.25) is 10.0 Å². The molecule has 2 fully saturated rings. The summed E-state index contributed by atoms with van der Waals surface area (Å²) in [5, 5.41) is 0. The molecule has 0 aliphatic carbocycles. The highest BCUT2D eigenvalue weighted by Crippen LogP contribution is 2.36. The van der Waals surface area contributed by atoms with Gasteiger partial charge in [0.1, 0.15) is 6.33 Å². The molecule has 2 aromatic rings. The first kappa shape index (κ1) is 30.5. The van der Waals surface area contributed by atoms with Gasteiger partial charge in [-0.3, -0.25) is 4.79 Å². The van der Waals surface area contributed by atoms with Crippen LogP contribution < -0.4 is 9.64 Å². The highest BCUT2D eigenvalue weighted by molar-refractivity contribution is 7.88. The maximum Gasteiger partial charge on any atom is 0.416 e. The monoisotopic (exact) mass is 610 g/mol. The third kappa shape index (κ3) is 6.35. The van der Waals surface area contributed by atoms with Gasteiger partial charge in [-0.05, 0) is 68.5 Å². The quantitative estimate of drug-likeness (QED) is 0.493. The molecule has 2 saturated heterocycles. The molecule has 10 nitrogen and oxygen atoms in total. The highest BCUT2D eigenvalue weighted by Gasteiger charge is 2.35. The van der Waals surface area contributed by atoms with Crippen LogP contribution in [0.5, 0.6) is 5.75 Å². The summed E-state index contributed by atoms with van der Waals surface area (Å²) in [6.07, 6.45) is 1.80. The number of alkyl halides is 3. The predicted octanol–water partition coefficient (Wildman–Crippen LogP) is 3.03. The van der Waals surface area contributed by atoms with E-state index >= 15 is 0 Å². The lowest BCUT2D eigenvalue weighted by Gasteiger charge is -2.43. The molecular formula is C28H37F3N6O4S. The van der Waals surface area contributed by atoms with Crippen LogP contribution in [0.4, 0.5) is 19.0 Å². The number of hydrogen-bond donors (Lipinski definition) is 0. The normalized spacial score (nSPS) is 19.7. The zero-order valence-electron chi connectivity index (χ0n) is 24.1. The van der Waals surface area contributed by atoms with E-state index in [9.17, 15) is 26.4 Å². The van der Waals surface area contributed by atoms with Crippen LogP contribution in [0.1, 0.15) is 52.9 Å². The van der Waals surface area contributed by atoms with Gasteiger partial charge in [-0.1, -0.05) is 6.07 Å². The van der Waals surface area contributed by atoms with E-state index in [0.29, 0.717) is 43.5 Å². The number of sulfonamides is 1. The van der Waals surface area contributed by atoms with E-state index in [1.54, 1.807) is 11.9 Å². The molecule has 14 heteroatoms. The molecule has 0 atom stereocenters. The number of ether oxygens (including phenoxy) is 1. The Labute approximate surface area is 244 Å². The van der Waals surface area contributed by atoms with Crippen molar-refractivity contribution in [2.75, 3.05) is 58.0 Å². The van der Waals surface area contributed by atoms with Crippen molar-refractivity contribution in [2.24, 2.45) is 0 Å². The van der Waals surface area contributed by atoms with Gasteiger partial charge >= 0.3 is 6.18 Å². The fraction of sp³-hybridized carbons (Fsp3) is 0.607. The van der Waals surface area contributed by atoms with Crippen molar-refractivity contribution in [3.8, 4) is 5.75 Å². The number of carbonyl (C=O) groups is 1. The molecule has 3 aliphatic heterocycles. The molecule has 1 amide bonds. The van der Waals surface area contributed by atoms with Gasteiger partial charge in [0.25, 0.3) is 5.91 Å². The van der Waals surface area contributed by atoms with Crippen molar-refractivity contribution in [2.45, 2.75) is 56.9 Å². The molecular weight excluding hydrogens is 573 g/mol. The number of fused-ring (bicyclic) bond motifs is 1. The third-order valence-electron chi connectivity index (χ3n) is 8.84. The van der Waals surface area contributed by atoms with Crippen LogP contribution >= 0.6 is 0 Å². The number of benzene rings is 1. The lowest BCUT2D eigenvalue weighted by molar-refractivity contribution is -0.137. The number of hydrogen-bond acceptors (Lipinski definition) is 8. The van der Waals surface area contributed by atoms with E-state index in [0.717, 1.165) is 50.4 Å². The molecule has 0 unspecified atom stereocenters. The van der Waals surface area contributed by atoms with E-state index < -0.39 is 21.8 Å². The molecule has 0 N–H and O–H groups in total. The largest absolute Gasteiger partial charge is 0.491 e. The van der Waals surface area contributed by atoms with Crippen LogP contribution in [0.3, 0.4) is 0 Å². The predicted molar refractivity (Wildman–Crippen MR) is 151 cm³/mol. The van der Waals surface area contributed by atoms with Crippen LogP contribution in [-0.4, -0.2) is 104 Å². The standard InChI is InChI=1S/C28H37F3N6O4S/c1-34(42(3,39)40)22-7-12-35(13-8-22)23-9-14-36(15-10-23)27(38)24-25(41-2)26(33-18-32-24)37-11-6-19-4-5-21(28(29,30)31)16-20(19)17-37/h4-5,16,18,22-23H,6-15,17H2,1-3H3. The summed E-state index contributed by atoms with van der Waals surface area (Å²) in [5.74, 6) is 0.340. The number of methoxy groups -OCH3 is 1. The minimum Gasteiger partial charge on any atom is -0.491 e. The van der Waals surface area contributed by atoms with Crippen molar-refractivity contribution in [1.82, 2.24) is 24.1 Å². The molecule has 5 rings (SSSR count). The lowest BCUT2D eigenvalue weighted by Crippen LogP contribution is -2.52. The zero-order chi connectivity index (χ0) is 30.2. The molecule has 0 radical (unpaired) electrons. The van der Waals surface area contributed by atoms with Crippen molar-refractivity contribution >= 4 is 21.7 Å². The van der Waals surface area contributed by atoms with Gasteiger partial charge in [0.15, 0.2) is 17.3 Å². The van der Waals surface area contributed by atoms with Gasteiger partial charge in [-0.2, -0.15) is 13.2 Å². The number of likely N-dealkylation sites (tertiary alicyclic amines) is 2. The Hall–Kier alpha value is -2.97. The first-order valence-electron chi connectivity index (χ1n) is 14.2. The van der Waals surface area contributed by atoms with E-state index in [2.05, 4.69) is 14.9 Å². The van der Waals surface area contributed by atoms with Crippen LogP contribution in [0.2, 0.25) is 0 Å². The van der Waals surface area contributed by atoms with Crippen molar-refractivity contribution in [3.05, 3.63) is 46.9 Å². The summed E-state index contributed by atoms with van der Waals surface area (Å²) >= 11 is 0. The Morgan fingerprint density at radius 3 is 2.33 bits per heavy atom. The minimum atomic E-state index is -4.43. The van der Waals surface area contributed by atoms with Gasteiger partial charge < -0.3 is 19.4 Å². The first-order chi connectivity index (χ1) is 19.9. The number of anilines is 1. The number of piperidine rings is 2. The van der Waals surface area contributed by atoms with Gasteiger partial charge in [0, 0.05) is 45.3 Å². The number of nitrogens with zero attached hydrogens (tertiary/aromatic N) is 6. The number of rotatable bonds is 6. The average Bonchev–Trinajstić information content (AvgIpc) is 2.98. The fourth-order valence-corrected chi connectivity index (χ4v) is 7.07. The minimum absolute atomic E-state index is 0.0115. The van der Waals surface area contributed by atoms with Gasteiger partial charge in [-0.15, -0.1) is 0 Å². The molecule has 4 heterocycles. The molecule has 1 aromatic heterocycles. The number of halogens is 3. The maximum atomic E-state index is 13.6. The molecule has 42 heavy (non-hydrogen) atoms. The topological polar surface area (TPSA) is 99.2 Å². The van der Waals surface area contributed by atoms with Gasteiger partial charge in [0.05, 0.1) is 18.9 Å². The van der Waals surface area contributed by atoms with Crippen LogP contribution in [0.25, 0.3) is 0 Å². The number of aromatic nitrogens is 2. The van der Waals surface area contributed by atoms with Gasteiger partial charge in [-0.25, -0.2) is 22.7 Å². The summed E-state index contributed by atoms with van der Waals surface area (Å²) in [6.45, 7) is 3.45. The van der Waals surface area contributed by atoms with E-state index in [1.165, 1.54) is 36.1 Å². The molecule has 0 bridgehead atoms. The Kier molecular flexibility index (Phi) is 8.68. The zero-order valence-corrected chi connectivity index (χ0v) is 24.9. The molecule has 0 spiro atoms.